The summed E-state index contributed by atoms with van der Waals surface area (Å²) in [6.07, 6.45) is 4.52. The summed E-state index contributed by atoms with van der Waals surface area (Å²) in [4.78, 5) is 13.5. The quantitative estimate of drug-likeness (QED) is 0.756. The molecule has 1 saturated carbocycles. The number of nitrogens with two attached hydrogens (primary N) is 1. The van der Waals surface area contributed by atoms with Gasteiger partial charge in [0.2, 0.25) is 0 Å². The SMILES string of the molecule is Fc1ccc(F)c(F)c1.N[C@@H]1CCCC(N2CC3NC(=O)OC3C2)C1. The number of amides is 1. The molecule has 3 fully saturated rings. The minimum absolute atomic E-state index is 0.0608. The Balaban J connectivity index is 0.000000173. The first kappa shape index (κ1) is 18.0. The van der Waals surface area contributed by atoms with Crippen LogP contribution < -0.4 is 11.1 Å². The number of halogens is 3. The van der Waals surface area contributed by atoms with Crippen molar-refractivity contribution >= 4 is 6.09 Å². The van der Waals surface area contributed by atoms with Crippen LogP contribution in [0.5, 0.6) is 0 Å². The van der Waals surface area contributed by atoms with Gasteiger partial charge in [0.05, 0.1) is 6.04 Å². The maximum Gasteiger partial charge on any atom is 0.407 e. The number of likely N-dealkylation sites (tertiary alicyclic amines) is 1. The Labute approximate surface area is 144 Å². The summed E-state index contributed by atoms with van der Waals surface area (Å²) < 4.78 is 41.1. The third-order valence-corrected chi connectivity index (χ3v) is 4.94. The van der Waals surface area contributed by atoms with Crippen LogP contribution in [-0.4, -0.2) is 48.3 Å². The highest BCUT2D eigenvalue weighted by Gasteiger charge is 2.44. The van der Waals surface area contributed by atoms with Gasteiger partial charge in [-0.25, -0.2) is 18.0 Å². The number of fused-ring (bicyclic) bond motifs is 1. The van der Waals surface area contributed by atoms with Gasteiger partial charge >= 0.3 is 6.09 Å². The number of rotatable bonds is 1. The fourth-order valence-electron chi connectivity index (χ4n) is 3.69. The number of carbonyl (C=O) groups excluding carboxylic acids is 1. The Bertz CT molecular complexity index is 615. The smallest absolute Gasteiger partial charge is 0.407 e. The molecule has 1 aromatic rings. The number of carbonyl (C=O) groups is 1. The van der Waals surface area contributed by atoms with Crippen molar-refractivity contribution in [3.8, 4) is 0 Å². The van der Waals surface area contributed by atoms with E-state index in [9.17, 15) is 18.0 Å². The van der Waals surface area contributed by atoms with Gasteiger partial charge in [0, 0.05) is 31.2 Å². The third-order valence-electron chi connectivity index (χ3n) is 4.94. The lowest BCUT2D eigenvalue weighted by Gasteiger charge is -2.34. The zero-order chi connectivity index (χ0) is 18.0. The Morgan fingerprint density at radius 2 is 1.96 bits per heavy atom. The van der Waals surface area contributed by atoms with E-state index < -0.39 is 17.5 Å². The van der Waals surface area contributed by atoms with Gasteiger partial charge in [-0.2, -0.15) is 0 Å². The minimum Gasteiger partial charge on any atom is -0.443 e. The summed E-state index contributed by atoms with van der Waals surface area (Å²) in [7, 11) is 0. The molecule has 4 atom stereocenters. The standard InChI is InChI=1S/C11H19N3O2.C6H3F3/c12-7-2-1-3-8(4-7)14-5-9-10(6-14)16-11(15)13-9;7-4-1-2-5(8)6(9)3-4/h7-10H,1-6,12H2,(H,13,15);1-3H/t7-,8?,9?,10?;/m1./s1. The van der Waals surface area contributed by atoms with Crippen LogP contribution in [0.25, 0.3) is 0 Å². The number of alkyl carbamates (subject to hydrolysis) is 1. The van der Waals surface area contributed by atoms with Crippen LogP contribution >= 0.6 is 0 Å². The molecular weight excluding hydrogens is 335 g/mol. The first-order chi connectivity index (χ1) is 11.9. The molecule has 8 heteroatoms. The second-order valence-corrected chi connectivity index (χ2v) is 6.79. The maximum atomic E-state index is 12.0. The van der Waals surface area contributed by atoms with E-state index in [1.165, 1.54) is 12.8 Å². The van der Waals surface area contributed by atoms with Crippen LogP contribution in [-0.2, 0) is 4.74 Å². The molecule has 4 rings (SSSR count). The molecular formula is C17H22F3N3O2. The second-order valence-electron chi connectivity index (χ2n) is 6.79. The number of ether oxygens (including phenoxy) is 1. The van der Waals surface area contributed by atoms with Crippen LogP contribution in [0.4, 0.5) is 18.0 Å². The van der Waals surface area contributed by atoms with Crippen molar-refractivity contribution in [1.82, 2.24) is 10.2 Å². The highest BCUT2D eigenvalue weighted by atomic mass is 19.2. The molecule has 0 radical (unpaired) electrons. The first-order valence-electron chi connectivity index (χ1n) is 8.49. The van der Waals surface area contributed by atoms with E-state index in [0.29, 0.717) is 18.2 Å². The monoisotopic (exact) mass is 357 g/mol. The van der Waals surface area contributed by atoms with Gasteiger partial charge < -0.3 is 15.8 Å². The molecule has 25 heavy (non-hydrogen) atoms. The largest absolute Gasteiger partial charge is 0.443 e. The first-order valence-corrected chi connectivity index (χ1v) is 8.49. The van der Waals surface area contributed by atoms with Crippen LogP contribution in [0.1, 0.15) is 25.7 Å². The third kappa shape index (κ3) is 4.43. The average molecular weight is 357 g/mol. The number of hydrogen-bond donors (Lipinski definition) is 2. The van der Waals surface area contributed by atoms with Gasteiger partial charge in [0.25, 0.3) is 0 Å². The molecule has 1 amide bonds. The zero-order valence-corrected chi connectivity index (χ0v) is 13.8. The van der Waals surface area contributed by atoms with Crippen molar-refractivity contribution in [2.45, 2.75) is 49.9 Å². The summed E-state index contributed by atoms with van der Waals surface area (Å²) in [5.41, 5.74) is 6.00. The van der Waals surface area contributed by atoms with E-state index in [2.05, 4.69) is 10.2 Å². The molecule has 0 spiro atoms. The molecule has 5 nitrogen and oxygen atoms in total. The zero-order valence-electron chi connectivity index (χ0n) is 13.8. The van der Waals surface area contributed by atoms with Gasteiger partial charge in [-0.3, -0.25) is 4.90 Å². The van der Waals surface area contributed by atoms with E-state index >= 15 is 0 Å². The van der Waals surface area contributed by atoms with Gasteiger partial charge in [0.15, 0.2) is 11.6 Å². The molecule has 3 N–H and O–H groups in total. The van der Waals surface area contributed by atoms with Crippen molar-refractivity contribution in [1.29, 1.82) is 0 Å². The minimum atomic E-state index is -1.16. The Morgan fingerprint density at radius 1 is 1.16 bits per heavy atom. The highest BCUT2D eigenvalue weighted by Crippen LogP contribution is 2.28. The number of nitrogens with one attached hydrogen (secondary N) is 1. The van der Waals surface area contributed by atoms with Crippen molar-refractivity contribution in [3.05, 3.63) is 35.7 Å². The van der Waals surface area contributed by atoms with E-state index in [-0.39, 0.29) is 18.2 Å². The predicted molar refractivity (Wildman–Crippen MR) is 85.3 cm³/mol. The fourth-order valence-corrected chi connectivity index (χ4v) is 3.69. The molecule has 2 heterocycles. The topological polar surface area (TPSA) is 67.6 Å². The predicted octanol–water partition coefficient (Wildman–Crippen LogP) is 2.15. The lowest BCUT2D eigenvalue weighted by Crippen LogP contribution is -2.43. The molecule has 0 aromatic heterocycles. The van der Waals surface area contributed by atoms with E-state index in [4.69, 9.17) is 10.5 Å². The van der Waals surface area contributed by atoms with Gasteiger partial charge in [-0.05, 0) is 31.4 Å². The van der Waals surface area contributed by atoms with Crippen LogP contribution in [0.2, 0.25) is 0 Å². The van der Waals surface area contributed by atoms with Crippen LogP contribution in [0.15, 0.2) is 18.2 Å². The number of nitrogens with zero attached hydrogens (tertiary/aromatic N) is 1. The molecule has 2 aliphatic heterocycles. The van der Waals surface area contributed by atoms with E-state index in [1.54, 1.807) is 0 Å². The van der Waals surface area contributed by atoms with Gasteiger partial charge in [-0.15, -0.1) is 0 Å². The molecule has 138 valence electrons. The van der Waals surface area contributed by atoms with E-state index in [0.717, 1.165) is 38.1 Å². The van der Waals surface area contributed by atoms with Crippen molar-refractivity contribution in [2.24, 2.45) is 5.73 Å². The van der Waals surface area contributed by atoms with Gasteiger partial charge in [-0.1, -0.05) is 6.42 Å². The Morgan fingerprint density at radius 3 is 2.60 bits per heavy atom. The Kier molecular flexibility index (Phi) is 5.48. The lowest BCUT2D eigenvalue weighted by molar-refractivity contribution is 0.113. The van der Waals surface area contributed by atoms with Crippen molar-refractivity contribution < 1.29 is 22.7 Å². The second kappa shape index (κ2) is 7.61. The molecule has 1 aromatic carbocycles. The summed E-state index contributed by atoms with van der Waals surface area (Å²) in [5, 5.41) is 2.86. The molecule has 3 aliphatic rings. The maximum absolute atomic E-state index is 12.0. The fraction of sp³-hybridized carbons (Fsp3) is 0.588. The van der Waals surface area contributed by atoms with Crippen LogP contribution in [0.3, 0.4) is 0 Å². The number of benzene rings is 1. The summed E-state index contributed by atoms with van der Waals surface area (Å²) in [6, 6.07) is 3.24. The van der Waals surface area contributed by atoms with Gasteiger partial charge in [0.1, 0.15) is 11.9 Å². The average Bonchev–Trinajstić information content (AvgIpc) is 3.09. The molecule has 0 bridgehead atoms. The molecule has 2 saturated heterocycles. The highest BCUT2D eigenvalue weighted by molar-refractivity contribution is 5.70. The van der Waals surface area contributed by atoms with E-state index in [1.807, 2.05) is 0 Å². The van der Waals surface area contributed by atoms with Crippen molar-refractivity contribution in [2.75, 3.05) is 13.1 Å². The normalized spacial score (nSPS) is 31.6. The summed E-state index contributed by atoms with van der Waals surface area (Å²) >= 11 is 0. The van der Waals surface area contributed by atoms with Crippen LogP contribution in [0, 0.1) is 17.5 Å². The molecule has 1 aliphatic carbocycles. The lowest BCUT2D eigenvalue weighted by atomic mass is 9.91. The summed E-state index contributed by atoms with van der Waals surface area (Å²) in [6.45, 7) is 1.80. The Hall–Kier alpha value is -1.80. The number of hydrogen-bond acceptors (Lipinski definition) is 4. The summed E-state index contributed by atoms with van der Waals surface area (Å²) in [5.74, 6) is -2.96. The van der Waals surface area contributed by atoms with Crippen molar-refractivity contribution in [3.63, 3.8) is 0 Å². The molecule has 3 unspecified atom stereocenters.